The van der Waals surface area contributed by atoms with Crippen molar-refractivity contribution in [2.75, 3.05) is 13.1 Å². The Labute approximate surface area is 327 Å². The lowest BCUT2D eigenvalue weighted by atomic mass is 10.0. The van der Waals surface area contributed by atoms with E-state index in [1.165, 1.54) is 34.7 Å². The van der Waals surface area contributed by atoms with Gasteiger partial charge in [-0.2, -0.15) is 0 Å². The standard InChI is InChI=1S/C41H42N8O6S/c1-4-6-7-8-9-17-32(45-35(50)26-22-42-25(3)43-23-26)38(51)49(41(5-2)21-28(41)39(52)53)40(54)48-20-19-27(24-48)55-36-34(44-29-14-10-11-15-30(29)46-36)37-47-31-16-12-13-18-33(31)56-37/h4-5,10-16,18,22-23,27-28,32H,1-2,6-9,17,19-21,24H2,3H3,(H,45,50)(H,52,53)/t27?,28?,32-,41?/m0/s1. The van der Waals surface area contributed by atoms with E-state index in [1.54, 1.807) is 6.92 Å². The lowest BCUT2D eigenvalue weighted by Crippen LogP contribution is -2.58. The number of carboxylic acid groups (broad SMARTS) is 1. The number of benzene rings is 2. The number of allylic oxidation sites excluding steroid dienone is 1. The van der Waals surface area contributed by atoms with E-state index in [1.807, 2.05) is 54.6 Å². The third kappa shape index (κ3) is 7.85. The number of carbonyl (C=O) groups excluding carboxylic acids is 3. The van der Waals surface area contributed by atoms with Crippen LogP contribution in [0.5, 0.6) is 5.88 Å². The molecule has 4 heterocycles. The number of ether oxygens (including phenoxy) is 1. The van der Waals surface area contributed by atoms with E-state index < -0.39 is 47.4 Å². The number of hydrogen-bond acceptors (Lipinski definition) is 11. The summed E-state index contributed by atoms with van der Waals surface area (Å²) in [6.45, 7) is 9.63. The maximum absolute atomic E-state index is 14.7. The number of unbranched alkanes of at least 4 members (excludes halogenated alkanes) is 3. The van der Waals surface area contributed by atoms with Gasteiger partial charge < -0.3 is 20.1 Å². The number of aliphatic carboxylic acids is 1. The van der Waals surface area contributed by atoms with Gasteiger partial charge in [0, 0.05) is 25.4 Å². The normalized spacial score (nSPS) is 19.3. The molecule has 15 heteroatoms. The molecule has 1 saturated carbocycles. The summed E-state index contributed by atoms with van der Waals surface area (Å²) < 4.78 is 7.51. The summed E-state index contributed by atoms with van der Waals surface area (Å²) in [7, 11) is 0. The van der Waals surface area contributed by atoms with Gasteiger partial charge in [-0.25, -0.2) is 29.7 Å². The number of nitrogens with zero attached hydrogens (tertiary/aromatic N) is 7. The van der Waals surface area contributed by atoms with E-state index in [2.05, 4.69) is 28.4 Å². The van der Waals surface area contributed by atoms with Gasteiger partial charge in [-0.1, -0.05) is 49.3 Å². The monoisotopic (exact) mass is 774 g/mol. The number of carboxylic acids is 1. The van der Waals surface area contributed by atoms with Crippen LogP contribution < -0.4 is 10.1 Å². The summed E-state index contributed by atoms with van der Waals surface area (Å²) in [4.78, 5) is 80.3. The minimum atomic E-state index is -1.48. The molecule has 0 bridgehead atoms. The van der Waals surface area contributed by atoms with E-state index >= 15 is 0 Å². The second-order valence-electron chi connectivity index (χ2n) is 14.0. The first kappa shape index (κ1) is 38.2. The van der Waals surface area contributed by atoms with Gasteiger partial charge in [-0.15, -0.1) is 24.5 Å². The van der Waals surface area contributed by atoms with Gasteiger partial charge in [0.25, 0.3) is 11.8 Å². The van der Waals surface area contributed by atoms with Crippen molar-refractivity contribution in [1.82, 2.24) is 40.0 Å². The first-order valence-corrected chi connectivity index (χ1v) is 19.4. The maximum atomic E-state index is 14.7. The van der Waals surface area contributed by atoms with Crippen molar-refractivity contribution < 1.29 is 29.0 Å². The predicted molar refractivity (Wildman–Crippen MR) is 211 cm³/mol. The lowest BCUT2D eigenvalue weighted by molar-refractivity contribution is -0.140. The quantitative estimate of drug-likeness (QED) is 0.0891. The Kier molecular flexibility index (Phi) is 11.1. The van der Waals surface area contributed by atoms with Crippen molar-refractivity contribution in [3.8, 4) is 16.6 Å². The van der Waals surface area contributed by atoms with Crippen LogP contribution in [0.1, 0.15) is 61.1 Å². The molecular weight excluding hydrogens is 733 g/mol. The van der Waals surface area contributed by atoms with Crippen LogP contribution in [0.15, 0.2) is 86.2 Å². The minimum absolute atomic E-state index is 0.00108. The summed E-state index contributed by atoms with van der Waals surface area (Å²) in [5.74, 6) is -2.77. The molecule has 2 fully saturated rings. The SMILES string of the molecule is C=CCCCCC[C@H](NC(=O)c1cnc(C)nc1)C(=O)N(C(=O)N1CCC(Oc2nc3ccccc3nc2-c2nc3ccccc3s2)C1)C1(C=C)CC1C(=O)O. The van der Waals surface area contributed by atoms with Gasteiger partial charge in [-0.3, -0.25) is 19.3 Å². The van der Waals surface area contributed by atoms with E-state index in [4.69, 9.17) is 19.7 Å². The lowest BCUT2D eigenvalue weighted by Gasteiger charge is -2.35. The largest absolute Gasteiger partial charge is 0.481 e. The molecule has 4 amide bonds. The van der Waals surface area contributed by atoms with E-state index in [-0.39, 0.29) is 37.4 Å². The first-order chi connectivity index (χ1) is 27.1. The molecular formula is C41H42N8O6S. The molecule has 5 aromatic rings. The molecule has 3 unspecified atom stereocenters. The van der Waals surface area contributed by atoms with E-state index in [0.29, 0.717) is 40.4 Å². The summed E-state index contributed by atoms with van der Waals surface area (Å²) in [5.41, 5.74) is 1.27. The Hall–Kier alpha value is -6.09. The third-order valence-electron chi connectivity index (χ3n) is 10.2. The number of rotatable bonds is 15. The fourth-order valence-corrected chi connectivity index (χ4v) is 8.01. The predicted octanol–water partition coefficient (Wildman–Crippen LogP) is 6.37. The fraction of sp³-hybridized carbons (Fsp3) is 0.341. The fourth-order valence-electron chi connectivity index (χ4n) is 7.07. The number of thiazole rings is 1. The topological polar surface area (TPSA) is 181 Å². The minimum Gasteiger partial charge on any atom is -0.481 e. The zero-order valence-corrected chi connectivity index (χ0v) is 31.8. The van der Waals surface area contributed by atoms with Gasteiger partial charge >= 0.3 is 12.0 Å². The number of imide groups is 1. The van der Waals surface area contributed by atoms with Crippen LogP contribution in [0.25, 0.3) is 32.0 Å². The molecule has 2 aliphatic rings. The molecule has 0 spiro atoms. The van der Waals surface area contributed by atoms with Crippen molar-refractivity contribution in [3.63, 3.8) is 0 Å². The molecule has 1 saturated heterocycles. The number of urea groups is 1. The molecule has 3 aromatic heterocycles. The zero-order valence-electron chi connectivity index (χ0n) is 31.0. The molecule has 0 radical (unpaired) electrons. The summed E-state index contributed by atoms with van der Waals surface area (Å²) in [5, 5.41) is 13.5. The van der Waals surface area contributed by atoms with Gasteiger partial charge in [0.2, 0.25) is 5.88 Å². The number of hydrogen-bond donors (Lipinski definition) is 2. The van der Waals surface area contributed by atoms with Crippen molar-refractivity contribution >= 4 is 56.4 Å². The number of fused-ring (bicyclic) bond motifs is 2. The molecule has 14 nitrogen and oxygen atoms in total. The Bertz CT molecular complexity index is 2280. The molecule has 1 aliphatic heterocycles. The van der Waals surface area contributed by atoms with Crippen molar-refractivity contribution in [2.45, 2.75) is 69.6 Å². The smallest absolute Gasteiger partial charge is 0.327 e. The summed E-state index contributed by atoms with van der Waals surface area (Å²) in [6, 6.07) is 13.4. The highest BCUT2D eigenvalue weighted by Gasteiger charge is 2.65. The zero-order chi connectivity index (χ0) is 39.4. The highest BCUT2D eigenvalue weighted by Crippen LogP contribution is 2.51. The Balaban J connectivity index is 1.16. The van der Waals surface area contributed by atoms with E-state index in [0.717, 1.165) is 34.4 Å². The second-order valence-corrected chi connectivity index (χ2v) is 15.1. The van der Waals surface area contributed by atoms with Crippen LogP contribution in [0.2, 0.25) is 0 Å². The number of carbonyl (C=O) groups is 4. The number of para-hydroxylation sites is 3. The number of nitrogens with one attached hydrogen (secondary N) is 1. The van der Waals surface area contributed by atoms with Crippen LogP contribution in [0, 0.1) is 12.8 Å². The van der Waals surface area contributed by atoms with E-state index in [9.17, 15) is 24.3 Å². The summed E-state index contributed by atoms with van der Waals surface area (Å²) >= 11 is 1.47. The Morgan fingerprint density at radius 3 is 2.41 bits per heavy atom. The van der Waals surface area contributed by atoms with Crippen LogP contribution in [-0.4, -0.2) is 94.4 Å². The summed E-state index contributed by atoms with van der Waals surface area (Å²) in [6.07, 6.45) is 8.93. The van der Waals surface area contributed by atoms with Crippen molar-refractivity contribution in [2.24, 2.45) is 5.92 Å². The highest BCUT2D eigenvalue weighted by atomic mass is 32.1. The van der Waals surface area contributed by atoms with Crippen LogP contribution in [0.3, 0.4) is 0 Å². The van der Waals surface area contributed by atoms with Gasteiger partial charge in [-0.05, 0) is 56.9 Å². The first-order valence-electron chi connectivity index (χ1n) is 18.6. The molecule has 7 rings (SSSR count). The number of aryl methyl sites for hydroxylation is 1. The Morgan fingerprint density at radius 1 is 1.02 bits per heavy atom. The van der Waals surface area contributed by atoms with Crippen molar-refractivity contribution in [3.05, 3.63) is 97.6 Å². The van der Waals surface area contributed by atoms with Crippen molar-refractivity contribution in [1.29, 1.82) is 0 Å². The average molecular weight is 775 g/mol. The highest BCUT2D eigenvalue weighted by molar-refractivity contribution is 7.21. The van der Waals surface area contributed by atoms with Crippen LogP contribution in [-0.2, 0) is 9.59 Å². The number of likely N-dealkylation sites (tertiary alicyclic amines) is 1. The molecule has 2 N–H and O–H groups in total. The molecule has 1 aliphatic carbocycles. The molecule has 56 heavy (non-hydrogen) atoms. The molecule has 288 valence electrons. The van der Waals surface area contributed by atoms with Crippen LogP contribution in [0.4, 0.5) is 4.79 Å². The van der Waals surface area contributed by atoms with Gasteiger partial charge in [0.05, 0.1) is 44.8 Å². The maximum Gasteiger partial charge on any atom is 0.327 e. The number of aromatic nitrogens is 5. The Morgan fingerprint density at radius 2 is 1.73 bits per heavy atom. The molecule has 2 aromatic carbocycles. The third-order valence-corrected chi connectivity index (χ3v) is 11.3. The van der Waals surface area contributed by atoms with Crippen LogP contribution >= 0.6 is 11.3 Å². The van der Waals surface area contributed by atoms with Gasteiger partial charge in [0.1, 0.15) is 23.0 Å². The second kappa shape index (κ2) is 16.3. The number of amides is 4. The average Bonchev–Trinajstić information content (AvgIpc) is 3.50. The van der Waals surface area contributed by atoms with Gasteiger partial charge in [0.15, 0.2) is 5.69 Å². The molecule has 4 atom stereocenters.